The lowest BCUT2D eigenvalue weighted by molar-refractivity contribution is -0.155. The maximum absolute atomic E-state index is 12.7. The number of ether oxygens (including phenoxy) is 2. The van der Waals surface area contributed by atoms with Gasteiger partial charge in [0.05, 0.1) is 12.0 Å². The van der Waals surface area contributed by atoms with Crippen LogP contribution in [0.15, 0.2) is 47.5 Å². The lowest BCUT2D eigenvalue weighted by Gasteiger charge is -2.19. The van der Waals surface area contributed by atoms with Crippen molar-refractivity contribution < 1.29 is 27.5 Å². The standard InChI is InChI=1S/C24H25N3O6S/c1-24(2,3)33-22(28)13-27-12-14(17-10-15(32-4)5-8-21(17)27)9-19-18-11-16(34(25,30)31)6-7-20(18)26-23(19)29/h5-12H,13H2,1-4H3,(H,26,29)(H2,25,30,31)/b19-9-. The van der Waals surface area contributed by atoms with Gasteiger partial charge in [-0.3, -0.25) is 9.59 Å². The molecule has 2 aromatic carbocycles. The lowest BCUT2D eigenvalue weighted by atomic mass is 10.0. The fourth-order valence-electron chi connectivity index (χ4n) is 3.83. The Bertz CT molecular complexity index is 1460. The molecule has 0 saturated carbocycles. The summed E-state index contributed by atoms with van der Waals surface area (Å²) in [6.07, 6.45) is 3.40. The predicted molar refractivity (Wildman–Crippen MR) is 129 cm³/mol. The summed E-state index contributed by atoms with van der Waals surface area (Å²) in [5, 5.41) is 8.75. The highest BCUT2D eigenvalue weighted by atomic mass is 32.2. The maximum Gasteiger partial charge on any atom is 0.326 e. The molecule has 0 bridgehead atoms. The molecule has 0 unspecified atom stereocenters. The number of carbonyl (C=O) groups excluding carboxylic acids is 2. The Morgan fingerprint density at radius 1 is 1.18 bits per heavy atom. The molecule has 10 heteroatoms. The molecule has 9 nitrogen and oxygen atoms in total. The number of benzene rings is 2. The fraction of sp³-hybridized carbons (Fsp3) is 0.250. The van der Waals surface area contributed by atoms with Crippen LogP contribution in [0.4, 0.5) is 5.69 Å². The molecule has 0 saturated heterocycles. The third-order valence-electron chi connectivity index (χ3n) is 5.24. The molecule has 4 rings (SSSR count). The van der Waals surface area contributed by atoms with Crippen LogP contribution in [0.3, 0.4) is 0 Å². The Kier molecular flexibility index (Phi) is 5.74. The highest BCUT2D eigenvalue weighted by Crippen LogP contribution is 2.36. The van der Waals surface area contributed by atoms with Gasteiger partial charge >= 0.3 is 5.97 Å². The van der Waals surface area contributed by atoms with E-state index in [0.29, 0.717) is 22.6 Å². The minimum absolute atomic E-state index is 0.0262. The van der Waals surface area contributed by atoms with Crippen molar-refractivity contribution >= 4 is 50.1 Å². The molecule has 1 aliphatic rings. The number of nitrogens with two attached hydrogens (primary N) is 1. The van der Waals surface area contributed by atoms with Gasteiger partial charge in [0.15, 0.2) is 0 Å². The third-order valence-corrected chi connectivity index (χ3v) is 6.15. The number of aromatic nitrogens is 1. The lowest BCUT2D eigenvalue weighted by Crippen LogP contribution is -2.26. The Balaban J connectivity index is 1.84. The third kappa shape index (κ3) is 4.68. The molecule has 1 aliphatic heterocycles. The first-order valence-electron chi connectivity index (χ1n) is 10.4. The summed E-state index contributed by atoms with van der Waals surface area (Å²) in [5.41, 5.74) is 1.96. The van der Waals surface area contributed by atoms with Crippen LogP contribution in [-0.4, -0.2) is 37.6 Å². The van der Waals surface area contributed by atoms with E-state index in [-0.39, 0.29) is 22.9 Å². The van der Waals surface area contributed by atoms with Gasteiger partial charge in [0, 0.05) is 39.5 Å². The molecule has 3 aromatic rings. The van der Waals surface area contributed by atoms with Crippen molar-refractivity contribution in [3.8, 4) is 5.75 Å². The van der Waals surface area contributed by atoms with Gasteiger partial charge in [-0.1, -0.05) is 0 Å². The normalized spacial score (nSPS) is 14.9. The Hall–Kier alpha value is -3.63. The summed E-state index contributed by atoms with van der Waals surface area (Å²) in [7, 11) is -2.40. The summed E-state index contributed by atoms with van der Waals surface area (Å²) in [4.78, 5) is 25.1. The number of amides is 1. The van der Waals surface area contributed by atoms with Crippen LogP contribution >= 0.6 is 0 Å². The number of hydrogen-bond donors (Lipinski definition) is 2. The van der Waals surface area contributed by atoms with Crippen molar-refractivity contribution in [1.82, 2.24) is 4.57 Å². The number of rotatable bonds is 5. The molecule has 1 amide bonds. The average molecular weight is 484 g/mol. The molecule has 0 spiro atoms. The second-order valence-electron chi connectivity index (χ2n) is 8.95. The predicted octanol–water partition coefficient (Wildman–Crippen LogP) is 3.13. The van der Waals surface area contributed by atoms with Crippen molar-refractivity contribution in [2.24, 2.45) is 5.14 Å². The van der Waals surface area contributed by atoms with E-state index >= 15 is 0 Å². The topological polar surface area (TPSA) is 130 Å². The van der Waals surface area contributed by atoms with E-state index in [4.69, 9.17) is 14.6 Å². The first-order chi connectivity index (χ1) is 15.9. The van der Waals surface area contributed by atoms with Gasteiger partial charge < -0.3 is 19.4 Å². The van der Waals surface area contributed by atoms with Crippen molar-refractivity contribution in [2.75, 3.05) is 12.4 Å². The number of methoxy groups -OCH3 is 1. The number of nitrogens with zero attached hydrogens (tertiary/aromatic N) is 1. The number of carbonyl (C=O) groups is 2. The maximum atomic E-state index is 12.7. The summed E-state index contributed by atoms with van der Waals surface area (Å²) >= 11 is 0. The van der Waals surface area contributed by atoms with E-state index in [1.807, 2.05) is 12.1 Å². The van der Waals surface area contributed by atoms with Crippen molar-refractivity contribution in [3.05, 3.63) is 53.7 Å². The zero-order chi connectivity index (χ0) is 24.8. The molecule has 2 heterocycles. The highest BCUT2D eigenvalue weighted by molar-refractivity contribution is 7.89. The van der Waals surface area contributed by atoms with Crippen LogP contribution in [0.1, 0.15) is 31.9 Å². The minimum Gasteiger partial charge on any atom is -0.497 e. The van der Waals surface area contributed by atoms with Crippen LogP contribution < -0.4 is 15.2 Å². The molecule has 3 N–H and O–H groups in total. The molecule has 178 valence electrons. The average Bonchev–Trinajstić information content (AvgIpc) is 3.22. The molecule has 0 aliphatic carbocycles. The van der Waals surface area contributed by atoms with Crippen molar-refractivity contribution in [1.29, 1.82) is 0 Å². The number of primary sulfonamides is 1. The van der Waals surface area contributed by atoms with E-state index in [2.05, 4.69) is 5.32 Å². The van der Waals surface area contributed by atoms with Gasteiger partial charge in [0.2, 0.25) is 10.0 Å². The SMILES string of the molecule is COc1ccc2c(c1)c(/C=C1\C(=O)Nc3ccc(S(N)(=O)=O)cc31)cn2CC(=O)OC(C)(C)C. The van der Waals surface area contributed by atoms with Crippen LogP contribution in [0, 0.1) is 0 Å². The Morgan fingerprint density at radius 2 is 1.91 bits per heavy atom. The van der Waals surface area contributed by atoms with Crippen LogP contribution in [-0.2, 0) is 30.9 Å². The Labute approximate surface area is 197 Å². The van der Waals surface area contributed by atoms with E-state index < -0.39 is 21.6 Å². The zero-order valence-electron chi connectivity index (χ0n) is 19.2. The number of sulfonamides is 1. The Morgan fingerprint density at radius 3 is 2.56 bits per heavy atom. The highest BCUT2D eigenvalue weighted by Gasteiger charge is 2.27. The monoisotopic (exact) mass is 483 g/mol. The first-order valence-corrected chi connectivity index (χ1v) is 12.0. The number of nitrogens with one attached hydrogen (secondary N) is 1. The van der Waals surface area contributed by atoms with Gasteiger partial charge in [-0.15, -0.1) is 0 Å². The largest absolute Gasteiger partial charge is 0.497 e. The number of hydrogen-bond acceptors (Lipinski definition) is 6. The second-order valence-corrected chi connectivity index (χ2v) is 10.5. The smallest absolute Gasteiger partial charge is 0.326 e. The van der Waals surface area contributed by atoms with Crippen LogP contribution in [0.5, 0.6) is 5.75 Å². The quantitative estimate of drug-likeness (QED) is 0.424. The van der Waals surface area contributed by atoms with Gasteiger partial charge in [0.25, 0.3) is 5.91 Å². The van der Waals surface area contributed by atoms with Crippen molar-refractivity contribution in [2.45, 2.75) is 37.8 Å². The number of anilines is 1. The minimum atomic E-state index is -3.94. The molecule has 1 aromatic heterocycles. The van der Waals surface area contributed by atoms with Crippen LogP contribution in [0.2, 0.25) is 0 Å². The number of fused-ring (bicyclic) bond motifs is 2. The molecule has 0 radical (unpaired) electrons. The molecular weight excluding hydrogens is 458 g/mol. The zero-order valence-corrected chi connectivity index (χ0v) is 20.0. The molecular formula is C24H25N3O6S. The summed E-state index contributed by atoms with van der Waals surface area (Å²) in [5.74, 6) is -0.173. The summed E-state index contributed by atoms with van der Waals surface area (Å²) in [6, 6.07) is 9.62. The van der Waals surface area contributed by atoms with Gasteiger partial charge in [-0.25, -0.2) is 13.6 Å². The van der Waals surface area contributed by atoms with Crippen LogP contribution in [0.25, 0.3) is 22.6 Å². The second kappa shape index (κ2) is 8.30. The fourth-order valence-corrected chi connectivity index (χ4v) is 4.37. The van der Waals surface area contributed by atoms with Crippen molar-refractivity contribution in [3.63, 3.8) is 0 Å². The summed E-state index contributed by atoms with van der Waals surface area (Å²) in [6.45, 7) is 5.36. The van der Waals surface area contributed by atoms with E-state index in [1.54, 1.807) is 50.8 Å². The van der Waals surface area contributed by atoms with Gasteiger partial charge in [-0.05, 0) is 63.2 Å². The first kappa shape index (κ1) is 23.5. The molecule has 0 fully saturated rings. The van der Waals surface area contributed by atoms with Gasteiger partial charge in [-0.2, -0.15) is 0 Å². The summed E-state index contributed by atoms with van der Waals surface area (Å²) < 4.78 is 36.2. The van der Waals surface area contributed by atoms with E-state index in [9.17, 15) is 18.0 Å². The number of esters is 1. The van der Waals surface area contributed by atoms with Gasteiger partial charge in [0.1, 0.15) is 17.9 Å². The van der Waals surface area contributed by atoms with E-state index in [0.717, 1.165) is 10.9 Å². The molecule has 34 heavy (non-hydrogen) atoms. The molecule has 0 atom stereocenters. The van der Waals surface area contributed by atoms with E-state index in [1.165, 1.54) is 18.2 Å².